The first-order valence-electron chi connectivity index (χ1n) is 8.08. The van der Waals surface area contributed by atoms with Crippen LogP contribution in [0.3, 0.4) is 0 Å². The second-order valence-electron chi connectivity index (χ2n) is 6.67. The van der Waals surface area contributed by atoms with Crippen LogP contribution in [-0.4, -0.2) is 33.0 Å². The average molecular weight is 331 g/mol. The van der Waals surface area contributed by atoms with E-state index in [0.29, 0.717) is 17.6 Å². The van der Waals surface area contributed by atoms with E-state index >= 15 is 0 Å². The van der Waals surface area contributed by atoms with E-state index in [1.807, 2.05) is 31.2 Å². The molecule has 1 aromatic heterocycles. The summed E-state index contributed by atoms with van der Waals surface area (Å²) in [7, 11) is 0. The number of para-hydroxylation sites is 1. The summed E-state index contributed by atoms with van der Waals surface area (Å²) < 4.78 is 0. The molecule has 5 heteroatoms. The van der Waals surface area contributed by atoms with Gasteiger partial charge in [-0.3, -0.25) is 9.69 Å². The molecule has 0 amide bonds. The number of aryl methyl sites for hydroxylation is 1. The van der Waals surface area contributed by atoms with Crippen LogP contribution in [0.25, 0.3) is 10.9 Å². The largest absolute Gasteiger partial charge is 0.481 e. The number of carboxylic acids is 1. The minimum atomic E-state index is -0.670. The van der Waals surface area contributed by atoms with Crippen molar-refractivity contribution >= 4 is 28.5 Å². The molecule has 3 atom stereocenters. The van der Waals surface area contributed by atoms with Crippen LogP contribution in [0.5, 0.6) is 0 Å². The predicted molar refractivity (Wildman–Crippen MR) is 89.6 cm³/mol. The number of benzene rings is 1. The van der Waals surface area contributed by atoms with Crippen molar-refractivity contribution in [3.63, 3.8) is 0 Å². The molecule has 3 unspecified atom stereocenters. The molecular weight excluding hydrogens is 312 g/mol. The van der Waals surface area contributed by atoms with Crippen LogP contribution in [0, 0.1) is 12.8 Å². The average Bonchev–Trinajstić information content (AvgIpc) is 3.09. The minimum Gasteiger partial charge on any atom is -0.481 e. The van der Waals surface area contributed by atoms with Crippen molar-refractivity contribution in [2.24, 2.45) is 5.92 Å². The van der Waals surface area contributed by atoms with Gasteiger partial charge < -0.3 is 5.11 Å². The van der Waals surface area contributed by atoms with Gasteiger partial charge in [-0.2, -0.15) is 0 Å². The molecule has 2 bridgehead atoms. The summed E-state index contributed by atoms with van der Waals surface area (Å²) in [4.78, 5) is 18.5. The highest BCUT2D eigenvalue weighted by Gasteiger charge is 2.49. The highest BCUT2D eigenvalue weighted by molar-refractivity contribution is 6.32. The van der Waals surface area contributed by atoms with Crippen LogP contribution in [0.1, 0.15) is 30.5 Å². The second kappa shape index (κ2) is 5.46. The van der Waals surface area contributed by atoms with Crippen molar-refractivity contribution in [1.82, 2.24) is 9.88 Å². The minimum absolute atomic E-state index is 0.127. The molecule has 0 aliphatic carbocycles. The number of carboxylic acid groups (broad SMARTS) is 1. The Balaban J connectivity index is 1.69. The number of rotatable bonds is 3. The van der Waals surface area contributed by atoms with Crippen molar-refractivity contribution in [3.05, 3.63) is 40.5 Å². The summed E-state index contributed by atoms with van der Waals surface area (Å²) in [6, 6.07) is 8.49. The lowest BCUT2D eigenvalue weighted by Crippen LogP contribution is -2.32. The third-order valence-corrected chi connectivity index (χ3v) is 5.98. The predicted octanol–water partition coefficient (Wildman–Crippen LogP) is 3.63. The Labute approximate surface area is 140 Å². The van der Waals surface area contributed by atoms with Crippen molar-refractivity contribution in [2.45, 2.75) is 44.8 Å². The molecule has 2 saturated heterocycles. The molecule has 0 spiro atoms. The maximum atomic E-state index is 11.4. The maximum absolute atomic E-state index is 11.4. The molecule has 0 radical (unpaired) electrons. The van der Waals surface area contributed by atoms with Gasteiger partial charge in [-0.15, -0.1) is 0 Å². The third kappa shape index (κ3) is 2.32. The molecular formula is C18H19ClN2O2. The van der Waals surface area contributed by atoms with Gasteiger partial charge in [0, 0.05) is 24.0 Å². The zero-order chi connectivity index (χ0) is 16.1. The molecule has 1 aromatic carbocycles. The second-order valence-corrected chi connectivity index (χ2v) is 7.04. The topological polar surface area (TPSA) is 53.4 Å². The van der Waals surface area contributed by atoms with E-state index in [4.69, 9.17) is 16.6 Å². The highest BCUT2D eigenvalue weighted by atomic mass is 35.5. The van der Waals surface area contributed by atoms with Crippen molar-refractivity contribution in [1.29, 1.82) is 0 Å². The number of halogens is 1. The molecule has 120 valence electrons. The van der Waals surface area contributed by atoms with Crippen LogP contribution in [0.15, 0.2) is 24.3 Å². The number of aromatic nitrogens is 1. The number of carbonyl (C=O) groups is 1. The smallest absolute Gasteiger partial charge is 0.308 e. The van der Waals surface area contributed by atoms with Crippen LogP contribution in [0.2, 0.25) is 5.02 Å². The molecule has 2 aromatic rings. The summed E-state index contributed by atoms with van der Waals surface area (Å²) in [5.41, 5.74) is 2.87. The Morgan fingerprint density at radius 1 is 1.39 bits per heavy atom. The van der Waals surface area contributed by atoms with E-state index in [0.717, 1.165) is 41.4 Å². The van der Waals surface area contributed by atoms with Crippen LogP contribution >= 0.6 is 11.6 Å². The van der Waals surface area contributed by atoms with E-state index in [9.17, 15) is 9.90 Å². The van der Waals surface area contributed by atoms with Gasteiger partial charge in [-0.05, 0) is 37.8 Å². The van der Waals surface area contributed by atoms with E-state index in [2.05, 4.69) is 4.90 Å². The first-order chi connectivity index (χ1) is 11.1. The molecule has 2 aliphatic heterocycles. The number of aliphatic carboxylic acids is 1. The number of pyridine rings is 1. The van der Waals surface area contributed by atoms with Gasteiger partial charge >= 0.3 is 5.97 Å². The van der Waals surface area contributed by atoms with Gasteiger partial charge in [0.15, 0.2) is 0 Å². The van der Waals surface area contributed by atoms with Gasteiger partial charge in [0.2, 0.25) is 0 Å². The lowest BCUT2D eigenvalue weighted by molar-refractivity contribution is -0.142. The Hall–Kier alpha value is -1.65. The first kappa shape index (κ1) is 14.9. The van der Waals surface area contributed by atoms with Crippen molar-refractivity contribution in [3.8, 4) is 0 Å². The summed E-state index contributed by atoms with van der Waals surface area (Å²) in [6.45, 7) is 2.66. The van der Waals surface area contributed by atoms with Gasteiger partial charge in [-0.25, -0.2) is 4.98 Å². The SMILES string of the molecule is Cc1c(Cl)c(CN2C3CCC2C(C(=O)O)C3)nc2ccccc12. The summed E-state index contributed by atoms with van der Waals surface area (Å²) in [5, 5.41) is 11.2. The molecule has 2 aliphatic rings. The summed E-state index contributed by atoms with van der Waals surface area (Å²) in [6.07, 6.45) is 2.80. The fourth-order valence-electron chi connectivity index (χ4n) is 4.31. The first-order valence-corrected chi connectivity index (χ1v) is 8.46. The van der Waals surface area contributed by atoms with E-state index in [1.165, 1.54) is 0 Å². The zero-order valence-electron chi connectivity index (χ0n) is 13.0. The normalized spacial score (nSPS) is 27.0. The number of fused-ring (bicyclic) bond motifs is 3. The molecule has 1 N–H and O–H groups in total. The molecule has 4 nitrogen and oxygen atoms in total. The van der Waals surface area contributed by atoms with Crippen LogP contribution < -0.4 is 0 Å². The van der Waals surface area contributed by atoms with Crippen LogP contribution in [-0.2, 0) is 11.3 Å². The molecule has 23 heavy (non-hydrogen) atoms. The highest BCUT2D eigenvalue weighted by Crippen LogP contribution is 2.43. The van der Waals surface area contributed by atoms with Crippen molar-refractivity contribution < 1.29 is 9.90 Å². The van der Waals surface area contributed by atoms with Crippen molar-refractivity contribution in [2.75, 3.05) is 0 Å². The lowest BCUT2D eigenvalue weighted by atomic mass is 9.89. The third-order valence-electron chi connectivity index (χ3n) is 5.48. The maximum Gasteiger partial charge on any atom is 0.308 e. The Kier molecular flexibility index (Phi) is 3.54. The van der Waals surface area contributed by atoms with E-state index < -0.39 is 5.97 Å². The van der Waals surface area contributed by atoms with Gasteiger partial charge in [0.25, 0.3) is 0 Å². The van der Waals surface area contributed by atoms with Gasteiger partial charge in [0.1, 0.15) is 0 Å². The molecule has 3 heterocycles. The van der Waals surface area contributed by atoms with Gasteiger partial charge in [-0.1, -0.05) is 29.8 Å². The summed E-state index contributed by atoms with van der Waals surface area (Å²) in [5.74, 6) is -0.912. The fourth-order valence-corrected chi connectivity index (χ4v) is 4.51. The van der Waals surface area contributed by atoms with Crippen LogP contribution in [0.4, 0.5) is 0 Å². The Morgan fingerprint density at radius 3 is 2.91 bits per heavy atom. The number of nitrogens with zero attached hydrogens (tertiary/aromatic N) is 2. The lowest BCUT2D eigenvalue weighted by Gasteiger charge is -2.23. The number of hydrogen-bond donors (Lipinski definition) is 1. The zero-order valence-corrected chi connectivity index (χ0v) is 13.8. The molecule has 0 saturated carbocycles. The molecule has 2 fully saturated rings. The quantitative estimate of drug-likeness (QED) is 0.933. The standard InChI is InChI=1S/C18H19ClN2O2/c1-10-12-4-2-3-5-14(12)20-15(17(10)19)9-21-11-6-7-16(21)13(8-11)18(22)23/h2-5,11,13,16H,6-9H2,1H3,(H,22,23). The Bertz CT molecular complexity index is 792. The van der Waals surface area contributed by atoms with E-state index in [1.54, 1.807) is 0 Å². The monoisotopic (exact) mass is 330 g/mol. The van der Waals surface area contributed by atoms with E-state index in [-0.39, 0.29) is 12.0 Å². The Morgan fingerprint density at radius 2 is 2.17 bits per heavy atom. The molecule has 4 rings (SSSR count). The number of hydrogen-bond acceptors (Lipinski definition) is 3. The van der Waals surface area contributed by atoms with Gasteiger partial charge in [0.05, 0.1) is 22.2 Å². The fraction of sp³-hybridized carbons (Fsp3) is 0.444. The summed E-state index contributed by atoms with van der Waals surface area (Å²) >= 11 is 6.56.